The lowest BCUT2D eigenvalue weighted by molar-refractivity contribution is 0.203. The van der Waals surface area contributed by atoms with Crippen molar-refractivity contribution < 1.29 is 15.3 Å². The second kappa shape index (κ2) is 22.9. The molecular formula is C13H35N3O3. The first-order valence-electron chi connectivity index (χ1n) is 7.06. The molecule has 1 atom stereocenters. The molecule has 6 nitrogen and oxygen atoms in total. The molecule has 0 heterocycles. The van der Waals surface area contributed by atoms with Gasteiger partial charge in [-0.2, -0.15) is 0 Å². The summed E-state index contributed by atoms with van der Waals surface area (Å²) in [5, 5.41) is 27.3. The molecule has 120 valence electrons. The highest BCUT2D eigenvalue weighted by molar-refractivity contribution is 4.44. The van der Waals surface area contributed by atoms with Crippen LogP contribution in [0.5, 0.6) is 0 Å². The van der Waals surface area contributed by atoms with E-state index in [0.717, 1.165) is 0 Å². The van der Waals surface area contributed by atoms with E-state index in [-0.39, 0.29) is 19.3 Å². The first-order chi connectivity index (χ1) is 9.03. The molecule has 0 radical (unpaired) electrons. The van der Waals surface area contributed by atoms with Crippen LogP contribution in [0.2, 0.25) is 0 Å². The van der Waals surface area contributed by atoms with Crippen LogP contribution in [0.1, 0.15) is 27.7 Å². The molecule has 1 unspecified atom stereocenters. The minimum atomic E-state index is -0.338. The van der Waals surface area contributed by atoms with Crippen LogP contribution in [-0.4, -0.2) is 78.8 Å². The Morgan fingerprint density at radius 2 is 1.32 bits per heavy atom. The zero-order valence-electron chi connectivity index (χ0n) is 13.1. The zero-order chi connectivity index (χ0) is 15.5. The summed E-state index contributed by atoms with van der Waals surface area (Å²) < 4.78 is 0. The maximum atomic E-state index is 8.24. The Bertz CT molecular complexity index is 125. The summed E-state index contributed by atoms with van der Waals surface area (Å²) in [5.74, 6) is 0. The maximum Gasteiger partial charge on any atom is 0.0634 e. The summed E-state index contributed by atoms with van der Waals surface area (Å²) in [7, 11) is 0. The number of rotatable bonds is 8. The molecule has 0 saturated heterocycles. The van der Waals surface area contributed by atoms with Crippen molar-refractivity contribution in [3.8, 4) is 0 Å². The summed E-state index contributed by atoms with van der Waals surface area (Å²) in [5.41, 5.74) is 4.92. The van der Waals surface area contributed by atoms with E-state index in [9.17, 15) is 0 Å². The number of nitrogens with one attached hydrogen (secondary N) is 1. The van der Waals surface area contributed by atoms with Gasteiger partial charge in [-0.25, -0.2) is 0 Å². The number of aliphatic hydroxyl groups excluding tert-OH is 3. The molecule has 6 heteroatoms. The van der Waals surface area contributed by atoms with Gasteiger partial charge in [-0.05, 0) is 26.6 Å². The highest BCUT2D eigenvalue weighted by Gasteiger charge is 1.89. The van der Waals surface area contributed by atoms with Crippen molar-refractivity contribution in [3.63, 3.8) is 0 Å². The molecule has 0 aliphatic heterocycles. The van der Waals surface area contributed by atoms with E-state index in [1.54, 1.807) is 6.92 Å². The van der Waals surface area contributed by atoms with E-state index in [2.05, 4.69) is 31.0 Å². The largest absolute Gasteiger partial charge is 0.395 e. The van der Waals surface area contributed by atoms with Gasteiger partial charge in [-0.15, -0.1) is 0 Å². The number of nitrogens with two attached hydrogens (primary N) is 1. The van der Waals surface area contributed by atoms with Gasteiger partial charge in [-0.3, -0.25) is 0 Å². The first-order valence-corrected chi connectivity index (χ1v) is 7.06. The van der Waals surface area contributed by atoms with E-state index in [1.165, 1.54) is 19.6 Å². The third-order valence-corrected chi connectivity index (χ3v) is 2.26. The SMILES string of the molecule is CC(O)CN.CCN(CC)CC.OCCNCCO. The van der Waals surface area contributed by atoms with Gasteiger partial charge in [0.05, 0.1) is 19.3 Å². The Morgan fingerprint density at radius 3 is 1.42 bits per heavy atom. The average molecular weight is 281 g/mol. The molecule has 19 heavy (non-hydrogen) atoms. The summed E-state index contributed by atoms with van der Waals surface area (Å²) in [6.07, 6.45) is -0.338. The zero-order valence-corrected chi connectivity index (χ0v) is 13.1. The molecule has 0 aromatic carbocycles. The molecule has 0 aliphatic rings. The number of aliphatic hydroxyl groups is 3. The summed E-state index contributed by atoms with van der Waals surface area (Å²) in [6.45, 7) is 13.6. The predicted octanol–water partition coefficient (Wildman–Crippen LogP) is -0.765. The third kappa shape index (κ3) is 31.9. The van der Waals surface area contributed by atoms with Crippen molar-refractivity contribution in [2.75, 3.05) is 52.5 Å². The second-order valence-electron chi connectivity index (χ2n) is 3.90. The molecule has 0 saturated carbocycles. The van der Waals surface area contributed by atoms with E-state index in [0.29, 0.717) is 19.6 Å². The molecule has 0 aromatic heterocycles. The molecule has 0 amide bonds. The Hall–Kier alpha value is -0.240. The number of hydrogen-bond donors (Lipinski definition) is 5. The smallest absolute Gasteiger partial charge is 0.0634 e. The quantitative estimate of drug-likeness (QED) is 0.375. The van der Waals surface area contributed by atoms with Crippen LogP contribution in [0, 0.1) is 0 Å². The van der Waals surface area contributed by atoms with Crippen LogP contribution < -0.4 is 11.1 Å². The second-order valence-corrected chi connectivity index (χ2v) is 3.90. The molecule has 0 rings (SSSR count). The van der Waals surface area contributed by atoms with Crippen molar-refractivity contribution in [2.24, 2.45) is 5.73 Å². The van der Waals surface area contributed by atoms with Crippen LogP contribution in [-0.2, 0) is 0 Å². The fourth-order valence-corrected chi connectivity index (χ4v) is 0.954. The topological polar surface area (TPSA) is 102 Å². The van der Waals surface area contributed by atoms with E-state index >= 15 is 0 Å². The maximum absolute atomic E-state index is 8.24. The molecule has 0 spiro atoms. The first kappa shape index (κ1) is 23.8. The summed E-state index contributed by atoms with van der Waals surface area (Å²) in [4.78, 5) is 2.38. The average Bonchev–Trinajstić information content (AvgIpc) is 2.43. The molecule has 0 aliphatic carbocycles. The van der Waals surface area contributed by atoms with E-state index in [4.69, 9.17) is 21.1 Å². The van der Waals surface area contributed by atoms with Crippen LogP contribution in [0.15, 0.2) is 0 Å². The van der Waals surface area contributed by atoms with E-state index < -0.39 is 0 Å². The Labute approximate surface area is 118 Å². The van der Waals surface area contributed by atoms with Gasteiger partial charge in [0.2, 0.25) is 0 Å². The van der Waals surface area contributed by atoms with Crippen LogP contribution >= 0.6 is 0 Å². The molecule has 0 fully saturated rings. The van der Waals surface area contributed by atoms with Crippen molar-refractivity contribution in [2.45, 2.75) is 33.8 Å². The van der Waals surface area contributed by atoms with Crippen molar-refractivity contribution in [1.82, 2.24) is 10.2 Å². The monoisotopic (exact) mass is 281 g/mol. The fraction of sp³-hybridized carbons (Fsp3) is 1.00. The van der Waals surface area contributed by atoms with Crippen molar-refractivity contribution >= 4 is 0 Å². The van der Waals surface area contributed by atoms with Gasteiger partial charge in [0.25, 0.3) is 0 Å². The summed E-state index contributed by atoms with van der Waals surface area (Å²) in [6, 6.07) is 0. The number of hydrogen-bond acceptors (Lipinski definition) is 6. The minimum absolute atomic E-state index is 0.139. The van der Waals surface area contributed by atoms with Crippen LogP contribution in [0.3, 0.4) is 0 Å². The Kier molecular flexibility index (Phi) is 28.7. The fourth-order valence-electron chi connectivity index (χ4n) is 0.954. The van der Waals surface area contributed by atoms with Gasteiger partial charge >= 0.3 is 0 Å². The van der Waals surface area contributed by atoms with Crippen molar-refractivity contribution in [3.05, 3.63) is 0 Å². The van der Waals surface area contributed by atoms with E-state index in [1.807, 2.05) is 0 Å². The molecule has 0 aromatic rings. The highest BCUT2D eigenvalue weighted by Crippen LogP contribution is 1.81. The van der Waals surface area contributed by atoms with Crippen molar-refractivity contribution in [1.29, 1.82) is 0 Å². The Morgan fingerprint density at radius 1 is 1.00 bits per heavy atom. The van der Waals surface area contributed by atoms with Crippen LogP contribution in [0.4, 0.5) is 0 Å². The highest BCUT2D eigenvalue weighted by atomic mass is 16.3. The molecule has 0 bridgehead atoms. The van der Waals surface area contributed by atoms with Gasteiger partial charge in [0, 0.05) is 19.6 Å². The minimum Gasteiger partial charge on any atom is -0.395 e. The van der Waals surface area contributed by atoms with Gasteiger partial charge in [0.1, 0.15) is 0 Å². The lowest BCUT2D eigenvalue weighted by Crippen LogP contribution is -2.21. The van der Waals surface area contributed by atoms with Crippen LogP contribution in [0.25, 0.3) is 0 Å². The normalized spacial score (nSPS) is 11.2. The third-order valence-electron chi connectivity index (χ3n) is 2.26. The number of nitrogens with zero attached hydrogens (tertiary/aromatic N) is 1. The molecule has 6 N–H and O–H groups in total. The lowest BCUT2D eigenvalue weighted by Gasteiger charge is -2.13. The molecular weight excluding hydrogens is 246 g/mol. The van der Waals surface area contributed by atoms with Gasteiger partial charge in [0.15, 0.2) is 0 Å². The van der Waals surface area contributed by atoms with Gasteiger partial charge in [-0.1, -0.05) is 20.8 Å². The lowest BCUT2D eigenvalue weighted by atomic mass is 10.4. The summed E-state index contributed by atoms with van der Waals surface area (Å²) >= 11 is 0. The predicted molar refractivity (Wildman–Crippen MR) is 81.2 cm³/mol. The standard InChI is InChI=1S/C6H15N.C4H11NO2.C3H9NO/c1-4-7(5-2)6-3;6-3-1-5-2-4-7;1-3(5)2-4/h4-6H2,1-3H3;5-7H,1-4H2;3,5H,2,4H2,1H3. The van der Waals surface area contributed by atoms with Gasteiger partial charge < -0.3 is 31.3 Å². The Balaban J connectivity index is -0.000000206.